The van der Waals surface area contributed by atoms with E-state index in [0.717, 1.165) is 23.4 Å². The van der Waals surface area contributed by atoms with Gasteiger partial charge in [-0.3, -0.25) is 0 Å². The van der Waals surface area contributed by atoms with Crippen LogP contribution >= 0.6 is 0 Å². The van der Waals surface area contributed by atoms with Crippen molar-refractivity contribution >= 4 is 17.3 Å². The minimum absolute atomic E-state index is 0.385. The van der Waals surface area contributed by atoms with Crippen LogP contribution in [-0.4, -0.2) is 19.1 Å². The van der Waals surface area contributed by atoms with E-state index in [2.05, 4.69) is 12.2 Å². The van der Waals surface area contributed by atoms with Crippen LogP contribution in [0.4, 0.5) is 11.4 Å². The predicted octanol–water partition coefficient (Wildman–Crippen LogP) is 3.29. The summed E-state index contributed by atoms with van der Waals surface area (Å²) < 4.78 is 4.77. The Hall–Kier alpha value is -1.71. The predicted molar refractivity (Wildman–Crippen MR) is 84.2 cm³/mol. The second-order valence-electron chi connectivity index (χ2n) is 6.53. The van der Waals surface area contributed by atoms with Crippen LogP contribution in [0.15, 0.2) is 18.2 Å². The van der Waals surface area contributed by atoms with Crippen molar-refractivity contribution in [3.63, 3.8) is 0 Å². The molecule has 0 aliphatic heterocycles. The van der Waals surface area contributed by atoms with Crippen LogP contribution in [0.3, 0.4) is 0 Å². The van der Waals surface area contributed by atoms with Crippen molar-refractivity contribution in [1.29, 1.82) is 0 Å². The number of nitrogens with one attached hydrogen (secondary N) is 1. The minimum Gasteiger partial charge on any atom is -0.465 e. The Kier molecular flexibility index (Phi) is 3.79. The van der Waals surface area contributed by atoms with Crippen LogP contribution in [0.25, 0.3) is 0 Å². The third-order valence-corrected chi connectivity index (χ3v) is 5.33. The van der Waals surface area contributed by atoms with Crippen LogP contribution in [0.1, 0.15) is 43.0 Å². The van der Waals surface area contributed by atoms with Gasteiger partial charge in [-0.05, 0) is 56.1 Å². The third kappa shape index (κ3) is 2.59. The zero-order valence-corrected chi connectivity index (χ0v) is 12.8. The molecule has 3 rings (SSSR count). The highest BCUT2D eigenvalue weighted by Gasteiger charge is 2.41. The van der Waals surface area contributed by atoms with Crippen molar-refractivity contribution in [1.82, 2.24) is 0 Å². The molecule has 2 aliphatic carbocycles. The number of hydrogen-bond acceptors (Lipinski definition) is 4. The molecular weight excluding hydrogens is 264 g/mol. The molecule has 1 aromatic carbocycles. The number of benzene rings is 1. The standard InChI is InChI=1S/C17H24N2O2/c1-10(14-9-11-6-7-12(14)8-11)19-15-5-3-4-13(16(15)18)17(20)21-2/h3-5,10-12,14,19H,6-9,18H2,1-2H3. The first-order valence-corrected chi connectivity index (χ1v) is 7.83. The number of esters is 1. The average Bonchev–Trinajstić information content (AvgIpc) is 3.11. The Bertz CT molecular complexity index is 544. The highest BCUT2D eigenvalue weighted by Crippen LogP contribution is 2.50. The van der Waals surface area contributed by atoms with Crippen molar-refractivity contribution in [2.75, 3.05) is 18.2 Å². The minimum atomic E-state index is -0.385. The molecule has 2 fully saturated rings. The molecule has 0 heterocycles. The zero-order chi connectivity index (χ0) is 15.0. The molecule has 0 radical (unpaired) electrons. The average molecular weight is 288 g/mol. The van der Waals surface area contributed by atoms with Crippen molar-refractivity contribution < 1.29 is 9.53 Å². The van der Waals surface area contributed by atoms with E-state index in [0.29, 0.717) is 17.3 Å². The molecule has 0 aromatic heterocycles. The molecule has 2 aliphatic rings. The quantitative estimate of drug-likeness (QED) is 0.659. The van der Waals surface area contributed by atoms with Gasteiger partial charge in [0.1, 0.15) is 0 Å². The van der Waals surface area contributed by atoms with E-state index in [1.165, 1.54) is 32.8 Å². The summed E-state index contributed by atoms with van der Waals surface area (Å²) in [5, 5.41) is 3.52. The molecule has 2 bridgehead atoms. The van der Waals surface area contributed by atoms with Gasteiger partial charge in [0.15, 0.2) is 0 Å². The van der Waals surface area contributed by atoms with Crippen molar-refractivity contribution in [3.05, 3.63) is 23.8 Å². The van der Waals surface area contributed by atoms with Gasteiger partial charge in [0.25, 0.3) is 0 Å². The fourth-order valence-electron chi connectivity index (χ4n) is 4.24. The Morgan fingerprint density at radius 2 is 2.19 bits per heavy atom. The number of hydrogen-bond donors (Lipinski definition) is 2. The highest BCUT2D eigenvalue weighted by molar-refractivity contribution is 5.98. The molecule has 0 spiro atoms. The number of anilines is 2. The summed E-state index contributed by atoms with van der Waals surface area (Å²) in [6.45, 7) is 2.23. The normalized spacial score (nSPS) is 28.4. The Morgan fingerprint density at radius 3 is 2.81 bits per heavy atom. The number of carbonyl (C=O) groups is 1. The molecule has 4 nitrogen and oxygen atoms in total. The van der Waals surface area contributed by atoms with E-state index in [9.17, 15) is 4.79 Å². The topological polar surface area (TPSA) is 64.3 Å². The van der Waals surface area contributed by atoms with Gasteiger partial charge in [0.05, 0.1) is 24.0 Å². The molecule has 114 valence electrons. The summed E-state index contributed by atoms with van der Waals surface area (Å²) in [4.78, 5) is 11.7. The van der Waals surface area contributed by atoms with Crippen molar-refractivity contribution in [2.45, 2.75) is 38.6 Å². The molecule has 0 saturated heterocycles. The Labute approximate surface area is 126 Å². The maximum Gasteiger partial charge on any atom is 0.340 e. The van der Waals surface area contributed by atoms with Gasteiger partial charge in [0.2, 0.25) is 0 Å². The van der Waals surface area contributed by atoms with Gasteiger partial charge in [-0.25, -0.2) is 4.79 Å². The third-order valence-electron chi connectivity index (χ3n) is 5.33. The molecule has 1 aromatic rings. The second kappa shape index (κ2) is 5.58. The first-order chi connectivity index (χ1) is 10.1. The summed E-state index contributed by atoms with van der Waals surface area (Å²) in [6, 6.07) is 5.87. The first kappa shape index (κ1) is 14.2. The van der Waals surface area contributed by atoms with Crippen LogP contribution < -0.4 is 11.1 Å². The van der Waals surface area contributed by atoms with E-state index in [1.54, 1.807) is 6.07 Å². The lowest BCUT2D eigenvalue weighted by Crippen LogP contribution is -2.30. The number of para-hydroxylation sites is 1. The number of ether oxygens (including phenoxy) is 1. The largest absolute Gasteiger partial charge is 0.465 e. The summed E-state index contributed by atoms with van der Waals surface area (Å²) in [5.41, 5.74) is 7.88. The number of nitrogen functional groups attached to an aromatic ring is 1. The number of nitrogens with two attached hydrogens (primary N) is 1. The summed E-state index contributed by atoms with van der Waals surface area (Å²) in [7, 11) is 1.37. The summed E-state index contributed by atoms with van der Waals surface area (Å²) in [6.07, 6.45) is 5.51. The lowest BCUT2D eigenvalue weighted by Gasteiger charge is -2.29. The number of rotatable bonds is 4. The summed E-state index contributed by atoms with van der Waals surface area (Å²) in [5.74, 6) is 2.14. The van der Waals surface area contributed by atoms with E-state index in [4.69, 9.17) is 10.5 Å². The second-order valence-corrected chi connectivity index (χ2v) is 6.53. The fraction of sp³-hybridized carbons (Fsp3) is 0.588. The Balaban J connectivity index is 1.74. The number of carbonyl (C=O) groups excluding carboxylic acids is 1. The molecular formula is C17H24N2O2. The Morgan fingerprint density at radius 1 is 1.38 bits per heavy atom. The smallest absolute Gasteiger partial charge is 0.340 e. The van der Waals surface area contributed by atoms with Crippen molar-refractivity contribution in [2.24, 2.45) is 17.8 Å². The lowest BCUT2D eigenvalue weighted by atomic mass is 9.84. The monoisotopic (exact) mass is 288 g/mol. The lowest BCUT2D eigenvalue weighted by molar-refractivity contribution is 0.0602. The molecule has 3 N–H and O–H groups in total. The zero-order valence-electron chi connectivity index (χ0n) is 12.8. The molecule has 0 amide bonds. The van der Waals surface area contributed by atoms with Crippen LogP contribution in [0, 0.1) is 17.8 Å². The molecule has 4 heteroatoms. The number of fused-ring (bicyclic) bond motifs is 2. The van der Waals surface area contributed by atoms with Gasteiger partial charge >= 0.3 is 5.97 Å². The van der Waals surface area contributed by atoms with E-state index >= 15 is 0 Å². The van der Waals surface area contributed by atoms with E-state index in [1.807, 2.05) is 12.1 Å². The fourth-order valence-corrected chi connectivity index (χ4v) is 4.24. The molecule has 2 saturated carbocycles. The van der Waals surface area contributed by atoms with Gasteiger partial charge in [-0.1, -0.05) is 12.5 Å². The SMILES string of the molecule is COC(=O)c1cccc(NC(C)C2CC3CCC2C3)c1N. The van der Waals surface area contributed by atoms with Gasteiger partial charge < -0.3 is 15.8 Å². The van der Waals surface area contributed by atoms with Crippen LogP contribution in [0.2, 0.25) is 0 Å². The molecule has 4 atom stereocenters. The van der Waals surface area contributed by atoms with Crippen LogP contribution in [0.5, 0.6) is 0 Å². The van der Waals surface area contributed by atoms with Gasteiger partial charge in [-0.2, -0.15) is 0 Å². The van der Waals surface area contributed by atoms with Gasteiger partial charge in [0, 0.05) is 6.04 Å². The van der Waals surface area contributed by atoms with Crippen molar-refractivity contribution in [3.8, 4) is 0 Å². The molecule has 4 unspecified atom stereocenters. The number of methoxy groups -OCH3 is 1. The summed E-state index contributed by atoms with van der Waals surface area (Å²) >= 11 is 0. The first-order valence-electron chi connectivity index (χ1n) is 7.83. The molecule has 21 heavy (non-hydrogen) atoms. The van der Waals surface area contributed by atoms with Gasteiger partial charge in [-0.15, -0.1) is 0 Å². The maximum atomic E-state index is 11.7. The maximum absolute atomic E-state index is 11.7. The highest BCUT2D eigenvalue weighted by atomic mass is 16.5. The van der Waals surface area contributed by atoms with E-state index in [-0.39, 0.29) is 5.97 Å². The van der Waals surface area contributed by atoms with Crippen LogP contribution in [-0.2, 0) is 4.74 Å². The van der Waals surface area contributed by atoms with E-state index < -0.39 is 0 Å².